The van der Waals surface area contributed by atoms with Crippen LogP contribution < -0.4 is 5.32 Å². The molecular formula is C18H15N3O2. The molecule has 0 saturated heterocycles. The monoisotopic (exact) mass is 305 g/mol. The summed E-state index contributed by atoms with van der Waals surface area (Å²) in [6.07, 6.45) is 3.12. The van der Waals surface area contributed by atoms with Crippen LogP contribution in [0.1, 0.15) is 27.8 Å². The van der Waals surface area contributed by atoms with Gasteiger partial charge in [0.1, 0.15) is 5.69 Å². The lowest BCUT2D eigenvalue weighted by Gasteiger charge is -2.09. The predicted octanol–water partition coefficient (Wildman–Crippen LogP) is 3.33. The molecule has 1 amide bonds. The third-order valence-electron chi connectivity index (χ3n) is 3.45. The second-order valence-corrected chi connectivity index (χ2v) is 5.07. The van der Waals surface area contributed by atoms with Gasteiger partial charge in [-0.15, -0.1) is 0 Å². The molecule has 0 aliphatic heterocycles. The first kappa shape index (κ1) is 14.7. The summed E-state index contributed by atoms with van der Waals surface area (Å²) in [6, 6.07) is 16.3. The molecule has 0 saturated carbocycles. The molecule has 3 aromatic rings. The van der Waals surface area contributed by atoms with Gasteiger partial charge in [0.15, 0.2) is 5.78 Å². The smallest absolute Gasteiger partial charge is 0.274 e. The Morgan fingerprint density at radius 3 is 2.35 bits per heavy atom. The lowest BCUT2D eigenvalue weighted by atomic mass is 10.1. The average molecular weight is 305 g/mol. The maximum absolute atomic E-state index is 12.4. The Bertz CT molecular complexity index is 836. The number of amides is 1. The van der Waals surface area contributed by atoms with Crippen LogP contribution in [0.4, 0.5) is 5.69 Å². The van der Waals surface area contributed by atoms with Gasteiger partial charge in [0.2, 0.25) is 0 Å². The largest absolute Gasteiger partial charge is 0.321 e. The van der Waals surface area contributed by atoms with Crippen molar-refractivity contribution < 1.29 is 9.59 Å². The van der Waals surface area contributed by atoms with Crippen molar-refractivity contribution >= 4 is 17.4 Å². The molecule has 5 nitrogen and oxygen atoms in total. The number of carbonyl (C=O) groups is 2. The van der Waals surface area contributed by atoms with Gasteiger partial charge >= 0.3 is 0 Å². The Labute approximate surface area is 133 Å². The van der Waals surface area contributed by atoms with E-state index in [9.17, 15) is 9.59 Å². The molecule has 1 aromatic heterocycles. The summed E-state index contributed by atoms with van der Waals surface area (Å²) in [5.74, 6) is -0.271. The lowest BCUT2D eigenvalue weighted by molar-refractivity contribution is 0.101. The number of hydrogen-bond acceptors (Lipinski definition) is 3. The first-order valence-electron chi connectivity index (χ1n) is 7.15. The van der Waals surface area contributed by atoms with Crippen LogP contribution in [0.5, 0.6) is 0 Å². The second kappa shape index (κ2) is 6.27. The number of nitrogens with zero attached hydrogens (tertiary/aromatic N) is 2. The topological polar surface area (TPSA) is 64.0 Å². The number of hydrogen-bond donors (Lipinski definition) is 1. The van der Waals surface area contributed by atoms with Crippen LogP contribution in [0, 0.1) is 0 Å². The fraction of sp³-hybridized carbons (Fsp3) is 0.0556. The molecule has 0 bridgehead atoms. The quantitative estimate of drug-likeness (QED) is 0.752. The van der Waals surface area contributed by atoms with Crippen molar-refractivity contribution in [3.8, 4) is 5.69 Å². The maximum Gasteiger partial charge on any atom is 0.274 e. The number of nitrogens with one attached hydrogen (secondary N) is 1. The van der Waals surface area contributed by atoms with E-state index < -0.39 is 0 Å². The normalized spacial score (nSPS) is 10.3. The number of carbonyl (C=O) groups excluding carboxylic acids is 2. The zero-order chi connectivity index (χ0) is 16.2. The number of ketones is 1. The number of Topliss-reactive ketones (excluding diaryl/α,β-unsaturated/α-hetero) is 1. The number of rotatable bonds is 4. The van der Waals surface area contributed by atoms with E-state index in [-0.39, 0.29) is 11.7 Å². The van der Waals surface area contributed by atoms with Gasteiger partial charge in [-0.2, -0.15) is 0 Å². The standard InChI is InChI=1S/C18H15N3O2/c1-13(22)14-7-9-15(10-8-14)20-18(23)17-11-19-12-21(17)16-5-3-2-4-6-16/h2-12H,1H3,(H,20,23). The van der Waals surface area contributed by atoms with Crippen molar-refractivity contribution in [2.24, 2.45) is 0 Å². The number of para-hydroxylation sites is 1. The van der Waals surface area contributed by atoms with Gasteiger partial charge in [0, 0.05) is 16.9 Å². The Balaban J connectivity index is 1.82. The van der Waals surface area contributed by atoms with Crippen LogP contribution in [0.3, 0.4) is 0 Å². The molecule has 3 rings (SSSR count). The first-order chi connectivity index (χ1) is 11.1. The molecule has 0 aliphatic rings. The van der Waals surface area contributed by atoms with Gasteiger partial charge in [-0.3, -0.25) is 14.2 Å². The number of benzene rings is 2. The van der Waals surface area contributed by atoms with Gasteiger partial charge in [-0.05, 0) is 43.3 Å². The Hall–Kier alpha value is -3.21. The predicted molar refractivity (Wildman–Crippen MR) is 88.0 cm³/mol. The maximum atomic E-state index is 12.4. The minimum Gasteiger partial charge on any atom is -0.321 e. The average Bonchev–Trinajstić information content (AvgIpc) is 3.06. The molecule has 114 valence electrons. The van der Waals surface area contributed by atoms with E-state index in [2.05, 4.69) is 10.3 Å². The zero-order valence-electron chi connectivity index (χ0n) is 12.6. The van der Waals surface area contributed by atoms with E-state index in [4.69, 9.17) is 0 Å². The summed E-state index contributed by atoms with van der Waals surface area (Å²) in [5.41, 5.74) is 2.53. The van der Waals surface area contributed by atoms with Gasteiger partial charge in [0.05, 0.1) is 12.5 Å². The fourth-order valence-corrected chi connectivity index (χ4v) is 2.24. The van der Waals surface area contributed by atoms with E-state index in [0.29, 0.717) is 16.9 Å². The summed E-state index contributed by atoms with van der Waals surface area (Å²) in [6.45, 7) is 1.51. The third kappa shape index (κ3) is 3.18. The van der Waals surface area contributed by atoms with Gasteiger partial charge in [-0.1, -0.05) is 18.2 Å². The summed E-state index contributed by atoms with van der Waals surface area (Å²) >= 11 is 0. The number of aromatic nitrogens is 2. The van der Waals surface area contributed by atoms with Crippen LogP contribution in [0.15, 0.2) is 67.1 Å². The summed E-state index contributed by atoms with van der Waals surface area (Å²) in [4.78, 5) is 27.8. The first-order valence-corrected chi connectivity index (χ1v) is 7.15. The SMILES string of the molecule is CC(=O)c1ccc(NC(=O)c2cncn2-c2ccccc2)cc1. The van der Waals surface area contributed by atoms with Crippen LogP contribution in [0.2, 0.25) is 0 Å². The molecule has 0 radical (unpaired) electrons. The summed E-state index contributed by atoms with van der Waals surface area (Å²) < 4.78 is 1.72. The zero-order valence-corrected chi connectivity index (χ0v) is 12.6. The minimum absolute atomic E-state index is 0.00923. The molecule has 2 aromatic carbocycles. The summed E-state index contributed by atoms with van der Waals surface area (Å²) in [5, 5.41) is 2.81. The van der Waals surface area contributed by atoms with E-state index in [1.165, 1.54) is 13.1 Å². The highest BCUT2D eigenvalue weighted by Gasteiger charge is 2.13. The molecule has 0 atom stereocenters. The van der Waals surface area contributed by atoms with Crippen LogP contribution >= 0.6 is 0 Å². The minimum atomic E-state index is -0.262. The third-order valence-corrected chi connectivity index (χ3v) is 3.45. The van der Waals surface area contributed by atoms with E-state index in [0.717, 1.165) is 5.69 Å². The molecule has 23 heavy (non-hydrogen) atoms. The van der Waals surface area contributed by atoms with Crippen molar-refractivity contribution in [3.05, 3.63) is 78.4 Å². The van der Waals surface area contributed by atoms with Crippen LogP contribution in [-0.2, 0) is 0 Å². The molecular weight excluding hydrogens is 290 g/mol. The van der Waals surface area contributed by atoms with E-state index >= 15 is 0 Å². The van der Waals surface area contributed by atoms with Crippen molar-refractivity contribution in [1.29, 1.82) is 0 Å². The molecule has 0 spiro atoms. The molecule has 5 heteroatoms. The Morgan fingerprint density at radius 1 is 1.00 bits per heavy atom. The summed E-state index contributed by atoms with van der Waals surface area (Å²) in [7, 11) is 0. The van der Waals surface area contributed by atoms with Gasteiger partial charge in [0.25, 0.3) is 5.91 Å². The number of imidazole rings is 1. The highest BCUT2D eigenvalue weighted by Crippen LogP contribution is 2.14. The molecule has 1 heterocycles. The van der Waals surface area contributed by atoms with Gasteiger partial charge < -0.3 is 5.32 Å². The van der Waals surface area contributed by atoms with Crippen molar-refractivity contribution in [2.45, 2.75) is 6.92 Å². The Kier molecular flexibility index (Phi) is 4.01. The second-order valence-electron chi connectivity index (χ2n) is 5.07. The molecule has 0 unspecified atom stereocenters. The van der Waals surface area contributed by atoms with Crippen LogP contribution in [0.25, 0.3) is 5.69 Å². The van der Waals surface area contributed by atoms with Crippen molar-refractivity contribution in [2.75, 3.05) is 5.32 Å². The van der Waals surface area contributed by atoms with Gasteiger partial charge in [-0.25, -0.2) is 4.98 Å². The Morgan fingerprint density at radius 2 is 1.70 bits per heavy atom. The fourth-order valence-electron chi connectivity index (χ4n) is 2.24. The number of anilines is 1. The van der Waals surface area contributed by atoms with Crippen LogP contribution in [-0.4, -0.2) is 21.2 Å². The van der Waals surface area contributed by atoms with E-state index in [1.807, 2.05) is 30.3 Å². The van der Waals surface area contributed by atoms with Crippen molar-refractivity contribution in [3.63, 3.8) is 0 Å². The highest BCUT2D eigenvalue weighted by atomic mass is 16.2. The van der Waals surface area contributed by atoms with E-state index in [1.54, 1.807) is 35.2 Å². The lowest BCUT2D eigenvalue weighted by Crippen LogP contribution is -2.16. The molecule has 1 N–H and O–H groups in total. The van der Waals surface area contributed by atoms with Crippen molar-refractivity contribution in [1.82, 2.24) is 9.55 Å². The molecule has 0 fully saturated rings. The highest BCUT2D eigenvalue weighted by molar-refractivity contribution is 6.03. The molecule has 0 aliphatic carbocycles.